The van der Waals surface area contributed by atoms with E-state index in [0.29, 0.717) is 29.5 Å². The Morgan fingerprint density at radius 1 is 1.07 bits per heavy atom. The van der Waals surface area contributed by atoms with Gasteiger partial charge in [0.1, 0.15) is 41.1 Å². The van der Waals surface area contributed by atoms with Crippen molar-refractivity contribution in [3.05, 3.63) is 54.4 Å². The van der Waals surface area contributed by atoms with Crippen molar-refractivity contribution < 1.29 is 32.6 Å². The van der Waals surface area contributed by atoms with Gasteiger partial charge in [0, 0.05) is 12.0 Å². The molecule has 0 aliphatic heterocycles. The Hall–Kier alpha value is -3.70. The summed E-state index contributed by atoms with van der Waals surface area (Å²) >= 11 is 0. The van der Waals surface area contributed by atoms with Gasteiger partial charge in [0.2, 0.25) is 0 Å². The van der Waals surface area contributed by atoms with Crippen LogP contribution in [0.15, 0.2) is 48.5 Å². The fourth-order valence-corrected chi connectivity index (χ4v) is 6.35. The van der Waals surface area contributed by atoms with Gasteiger partial charge in [0.15, 0.2) is 5.82 Å². The summed E-state index contributed by atoms with van der Waals surface area (Å²) in [6.45, 7) is 11.5. The van der Waals surface area contributed by atoms with Crippen LogP contribution in [-0.4, -0.2) is 63.7 Å². The van der Waals surface area contributed by atoms with Crippen molar-refractivity contribution in [3.8, 4) is 11.5 Å². The highest BCUT2D eigenvalue weighted by Crippen LogP contribution is 2.53. The third kappa shape index (κ3) is 7.50. The van der Waals surface area contributed by atoms with Crippen LogP contribution in [0.1, 0.15) is 47.4 Å². The third-order valence-corrected chi connectivity index (χ3v) is 9.04. The first-order valence-corrected chi connectivity index (χ1v) is 15.9. The number of nitrogens with zero attached hydrogens (tertiary/aromatic N) is 4. The van der Waals surface area contributed by atoms with Crippen molar-refractivity contribution in [2.75, 3.05) is 26.5 Å². The molecule has 238 valence electrons. The fourth-order valence-electron chi connectivity index (χ4n) is 4.60. The predicted molar refractivity (Wildman–Crippen MR) is 170 cm³/mol. The molecule has 3 atom stereocenters. The summed E-state index contributed by atoms with van der Waals surface area (Å²) in [4.78, 5) is 22.3. The fraction of sp³-hybridized carbons (Fsp3) is 0.452. The maximum Gasteiger partial charge on any atom is 0.462 e. The first kappa shape index (κ1) is 33.2. The summed E-state index contributed by atoms with van der Waals surface area (Å²) in [5, 5.41) is 0.854. The number of nitrogens with two attached hydrogens (primary N) is 1. The molecule has 0 amide bonds. The molecule has 0 spiro atoms. The monoisotopic (exact) mass is 627 g/mol. The quantitative estimate of drug-likeness (QED) is 0.139. The molecule has 0 bridgehead atoms. The van der Waals surface area contributed by atoms with Crippen molar-refractivity contribution in [2.24, 2.45) is 0 Å². The van der Waals surface area contributed by atoms with Crippen LogP contribution in [0.4, 0.5) is 5.82 Å². The van der Waals surface area contributed by atoms with Crippen molar-refractivity contribution in [2.45, 2.75) is 72.4 Å². The minimum Gasteiger partial charge on any atom is -0.497 e. The maximum absolute atomic E-state index is 14.6. The lowest BCUT2D eigenvalue weighted by Gasteiger charge is -2.33. The molecule has 1 unspecified atom stereocenters. The zero-order valence-electron chi connectivity index (χ0n) is 26.6. The van der Waals surface area contributed by atoms with E-state index in [1.807, 2.05) is 35.8 Å². The zero-order chi connectivity index (χ0) is 32.2. The number of likely N-dealkylation sites (N-methyl/N-ethyl adjacent to an activating group) is 1. The van der Waals surface area contributed by atoms with Crippen molar-refractivity contribution in [1.29, 1.82) is 0 Å². The SMILES string of the molecule is CCOCc1nc2c(N)nc3ccccc3c2n1C[C@@H](C)OP(=O)(Oc1ccc(OC)cc1)N(C)[C@@H](C)C(=O)OC(C)(C)C. The van der Waals surface area contributed by atoms with Gasteiger partial charge in [-0.1, -0.05) is 18.2 Å². The molecule has 44 heavy (non-hydrogen) atoms. The Labute approximate surface area is 258 Å². The molecule has 2 heterocycles. The summed E-state index contributed by atoms with van der Waals surface area (Å²) < 4.78 is 46.7. The number of nitrogen functional groups attached to an aromatic ring is 1. The zero-order valence-corrected chi connectivity index (χ0v) is 27.5. The van der Waals surface area contributed by atoms with Crippen LogP contribution in [0.2, 0.25) is 0 Å². The van der Waals surface area contributed by atoms with Crippen LogP contribution in [0.5, 0.6) is 11.5 Å². The lowest BCUT2D eigenvalue weighted by Crippen LogP contribution is -2.40. The maximum atomic E-state index is 14.6. The van der Waals surface area contributed by atoms with Crippen LogP contribution >= 0.6 is 7.75 Å². The Morgan fingerprint density at radius 3 is 2.36 bits per heavy atom. The van der Waals surface area contributed by atoms with Crippen molar-refractivity contribution in [1.82, 2.24) is 19.2 Å². The number of fused-ring (bicyclic) bond motifs is 3. The number of esters is 1. The molecule has 4 aromatic rings. The van der Waals surface area contributed by atoms with E-state index in [1.54, 1.807) is 66.0 Å². The van der Waals surface area contributed by atoms with Crippen LogP contribution in [0.3, 0.4) is 0 Å². The topological polar surface area (TPSA) is 140 Å². The number of hydrogen-bond acceptors (Lipinski definition) is 10. The number of carbonyl (C=O) groups is 1. The molecule has 0 aliphatic carbocycles. The van der Waals surface area contributed by atoms with Crippen molar-refractivity contribution in [3.63, 3.8) is 0 Å². The molecule has 0 saturated heterocycles. The first-order chi connectivity index (χ1) is 20.8. The summed E-state index contributed by atoms with van der Waals surface area (Å²) in [5.74, 6) is 1.22. The van der Waals surface area contributed by atoms with E-state index in [1.165, 1.54) is 11.7 Å². The summed E-state index contributed by atoms with van der Waals surface area (Å²) in [6, 6.07) is 13.3. The van der Waals surface area contributed by atoms with Gasteiger partial charge in [0.25, 0.3) is 0 Å². The average Bonchev–Trinajstić information content (AvgIpc) is 3.33. The number of para-hydroxylation sites is 1. The number of hydrogen-bond donors (Lipinski definition) is 1. The van der Waals surface area contributed by atoms with Crippen LogP contribution in [-0.2, 0) is 36.5 Å². The molecular formula is C31H42N5O7P. The Bertz CT molecular complexity index is 1650. The normalized spacial score (nSPS) is 14.8. The molecule has 2 N–H and O–H groups in total. The van der Waals surface area contributed by atoms with Gasteiger partial charge >= 0.3 is 13.7 Å². The predicted octanol–water partition coefficient (Wildman–Crippen LogP) is 5.97. The van der Waals surface area contributed by atoms with E-state index in [0.717, 1.165) is 16.4 Å². The number of anilines is 1. The van der Waals surface area contributed by atoms with Crippen LogP contribution < -0.4 is 15.0 Å². The molecule has 13 heteroatoms. The molecule has 0 aliphatic rings. The minimum absolute atomic E-state index is 0.219. The average molecular weight is 628 g/mol. The van der Waals surface area contributed by atoms with Gasteiger partial charge < -0.3 is 29.0 Å². The number of pyridine rings is 1. The van der Waals surface area contributed by atoms with E-state index >= 15 is 0 Å². The highest BCUT2D eigenvalue weighted by molar-refractivity contribution is 7.51. The van der Waals surface area contributed by atoms with Crippen molar-refractivity contribution >= 4 is 41.5 Å². The lowest BCUT2D eigenvalue weighted by molar-refractivity contribution is -0.159. The first-order valence-electron chi connectivity index (χ1n) is 14.5. The van der Waals surface area contributed by atoms with Gasteiger partial charge in [-0.15, -0.1) is 0 Å². The van der Waals surface area contributed by atoms with Gasteiger partial charge in [0.05, 0.1) is 30.8 Å². The lowest BCUT2D eigenvalue weighted by atomic mass is 10.2. The molecule has 2 aromatic carbocycles. The Kier molecular flexibility index (Phi) is 10.2. The van der Waals surface area contributed by atoms with Gasteiger partial charge in [-0.25, -0.2) is 14.5 Å². The number of methoxy groups -OCH3 is 1. The molecule has 12 nitrogen and oxygen atoms in total. The molecular weight excluding hydrogens is 585 g/mol. The summed E-state index contributed by atoms with van der Waals surface area (Å²) in [7, 11) is -1.11. The second kappa shape index (κ2) is 13.5. The highest BCUT2D eigenvalue weighted by Gasteiger charge is 2.41. The van der Waals surface area contributed by atoms with E-state index in [2.05, 4.69) is 4.98 Å². The Morgan fingerprint density at radius 2 is 1.73 bits per heavy atom. The standard InChI is InChI=1S/C31H42N5O7P/c1-9-40-19-26-34-27-28(24-12-10-11-13-25(24)33-29(27)32)36(26)18-20(2)42-44(38,43-23-16-14-22(39-8)15-17-23)35(7)21(3)30(37)41-31(4,5)6/h10-17,20-21H,9,18-19H2,1-8H3,(H2,32,33)/t20-,21+,44?/m1/s1. The van der Waals surface area contributed by atoms with Gasteiger partial charge in [-0.2, -0.15) is 4.67 Å². The van der Waals surface area contributed by atoms with Gasteiger partial charge in [-0.3, -0.25) is 9.32 Å². The van der Waals surface area contributed by atoms with E-state index < -0.39 is 31.5 Å². The number of aromatic nitrogens is 3. The minimum atomic E-state index is -4.17. The second-order valence-corrected chi connectivity index (χ2v) is 13.4. The molecule has 2 aromatic heterocycles. The summed E-state index contributed by atoms with van der Waals surface area (Å²) in [6.07, 6.45) is -0.696. The number of ether oxygens (including phenoxy) is 3. The largest absolute Gasteiger partial charge is 0.497 e. The van der Waals surface area contributed by atoms with E-state index in [4.69, 9.17) is 34.0 Å². The second-order valence-electron chi connectivity index (χ2n) is 11.4. The molecule has 0 fully saturated rings. The highest BCUT2D eigenvalue weighted by atomic mass is 31.2. The molecule has 0 radical (unpaired) electrons. The Balaban J connectivity index is 1.72. The number of imidazole rings is 1. The van der Waals surface area contributed by atoms with Crippen LogP contribution in [0, 0.1) is 0 Å². The number of carbonyl (C=O) groups excluding carboxylic acids is 1. The van der Waals surface area contributed by atoms with Crippen LogP contribution in [0.25, 0.3) is 21.9 Å². The van der Waals surface area contributed by atoms with Gasteiger partial charge in [-0.05, 0) is 78.9 Å². The molecule has 0 saturated carbocycles. The number of benzene rings is 2. The summed E-state index contributed by atoms with van der Waals surface area (Å²) in [5.41, 5.74) is 7.62. The third-order valence-electron chi connectivity index (χ3n) is 6.85. The molecule has 4 rings (SSSR count). The van der Waals surface area contributed by atoms with E-state index in [-0.39, 0.29) is 18.9 Å². The smallest absolute Gasteiger partial charge is 0.462 e. The number of rotatable bonds is 13. The van der Waals surface area contributed by atoms with E-state index in [9.17, 15) is 9.36 Å².